The molecule has 0 spiro atoms. The summed E-state index contributed by atoms with van der Waals surface area (Å²) in [4.78, 5) is 17.0. The molecule has 32 heavy (non-hydrogen) atoms. The minimum Gasteiger partial charge on any atom is -0.444 e. The topological polar surface area (TPSA) is 101 Å². The van der Waals surface area contributed by atoms with Gasteiger partial charge in [0, 0.05) is 35.0 Å². The molecular formula is C24H27N3O4S. The fourth-order valence-corrected chi connectivity index (χ4v) is 3.85. The van der Waals surface area contributed by atoms with E-state index in [-0.39, 0.29) is 11.9 Å². The molecule has 0 fully saturated rings. The van der Waals surface area contributed by atoms with E-state index in [1.165, 1.54) is 23.5 Å². The molecule has 7 nitrogen and oxygen atoms in total. The predicted molar refractivity (Wildman–Crippen MR) is 126 cm³/mol. The van der Waals surface area contributed by atoms with Crippen molar-refractivity contribution in [1.82, 2.24) is 10.3 Å². The van der Waals surface area contributed by atoms with E-state index in [2.05, 4.69) is 41.6 Å². The number of nitrogens with one attached hydrogen (secondary N) is 2. The third kappa shape index (κ3) is 6.07. The molecule has 1 amide bonds. The number of amides is 1. The first-order chi connectivity index (χ1) is 15.1. The Balaban J connectivity index is 1.87. The van der Waals surface area contributed by atoms with Crippen molar-refractivity contribution in [1.29, 1.82) is 0 Å². The fourth-order valence-electron chi connectivity index (χ4n) is 3.33. The normalized spacial score (nSPS) is 13.6. The van der Waals surface area contributed by atoms with Gasteiger partial charge in [0.05, 0.1) is 11.8 Å². The average molecular weight is 454 g/mol. The standard InChI is InChI=1S/C24H27N3O4S/c1-16-7-5-6-8-20(16)18(3)27-22-10-9-19(15-21(22)24-25-12-13-31-24)23(28)26-17(2)11-14-32(4,29)30/h5-15,17-18,27H,1-4H3,(H,26,28)/b14-11+/t17-,18+/m1/s1. The van der Waals surface area contributed by atoms with Crippen molar-refractivity contribution in [2.45, 2.75) is 32.9 Å². The smallest absolute Gasteiger partial charge is 0.251 e. The highest BCUT2D eigenvalue weighted by Gasteiger charge is 2.17. The van der Waals surface area contributed by atoms with Crippen molar-refractivity contribution in [2.75, 3.05) is 11.6 Å². The van der Waals surface area contributed by atoms with Crippen molar-refractivity contribution in [2.24, 2.45) is 0 Å². The molecule has 0 aliphatic rings. The molecular weight excluding hydrogens is 426 g/mol. The Hall–Kier alpha value is -3.39. The zero-order chi connectivity index (χ0) is 23.3. The molecule has 0 aliphatic heterocycles. The van der Waals surface area contributed by atoms with Gasteiger partial charge in [-0.3, -0.25) is 4.79 Å². The van der Waals surface area contributed by atoms with Crippen molar-refractivity contribution in [3.8, 4) is 11.5 Å². The van der Waals surface area contributed by atoms with Crippen molar-refractivity contribution >= 4 is 21.4 Å². The van der Waals surface area contributed by atoms with Crippen molar-refractivity contribution in [3.05, 3.63) is 83.1 Å². The first kappa shape index (κ1) is 23.3. The molecule has 2 atom stereocenters. The van der Waals surface area contributed by atoms with Gasteiger partial charge < -0.3 is 15.1 Å². The molecule has 2 aromatic carbocycles. The summed E-state index contributed by atoms with van der Waals surface area (Å²) < 4.78 is 28.1. The number of hydrogen-bond acceptors (Lipinski definition) is 6. The van der Waals surface area contributed by atoms with Crippen LogP contribution >= 0.6 is 0 Å². The van der Waals surface area contributed by atoms with Gasteiger partial charge in [-0.2, -0.15) is 0 Å². The van der Waals surface area contributed by atoms with E-state index in [0.717, 1.165) is 17.4 Å². The van der Waals surface area contributed by atoms with Crippen LogP contribution in [0.25, 0.3) is 11.5 Å². The van der Waals surface area contributed by atoms with Crippen LogP contribution in [0.5, 0.6) is 0 Å². The molecule has 3 rings (SSSR count). The summed E-state index contributed by atoms with van der Waals surface area (Å²) in [5, 5.41) is 7.34. The lowest BCUT2D eigenvalue weighted by Gasteiger charge is -2.20. The van der Waals surface area contributed by atoms with Gasteiger partial charge in [0.25, 0.3) is 5.91 Å². The molecule has 8 heteroatoms. The number of aryl methyl sites for hydroxylation is 1. The van der Waals surface area contributed by atoms with Crippen LogP contribution in [-0.2, 0) is 9.84 Å². The number of aromatic nitrogens is 1. The minimum atomic E-state index is -3.26. The number of benzene rings is 2. The van der Waals surface area contributed by atoms with Crippen LogP contribution in [0.4, 0.5) is 5.69 Å². The Kier molecular flexibility index (Phi) is 7.15. The molecule has 0 unspecified atom stereocenters. The lowest BCUT2D eigenvalue weighted by molar-refractivity contribution is 0.0947. The Bertz CT molecular complexity index is 1220. The highest BCUT2D eigenvalue weighted by Crippen LogP contribution is 2.31. The quantitative estimate of drug-likeness (QED) is 0.521. The van der Waals surface area contributed by atoms with Gasteiger partial charge >= 0.3 is 0 Å². The van der Waals surface area contributed by atoms with Crippen LogP contribution < -0.4 is 10.6 Å². The van der Waals surface area contributed by atoms with Gasteiger partial charge in [-0.25, -0.2) is 13.4 Å². The Morgan fingerprint density at radius 2 is 1.91 bits per heavy atom. The van der Waals surface area contributed by atoms with Crippen LogP contribution in [0.2, 0.25) is 0 Å². The maximum Gasteiger partial charge on any atom is 0.251 e. The number of carbonyl (C=O) groups is 1. The molecule has 168 valence electrons. The van der Waals surface area contributed by atoms with E-state index in [1.807, 2.05) is 18.2 Å². The summed E-state index contributed by atoms with van der Waals surface area (Å²) in [7, 11) is -3.26. The molecule has 2 N–H and O–H groups in total. The number of anilines is 1. The molecule has 0 aliphatic carbocycles. The van der Waals surface area contributed by atoms with Gasteiger partial charge in [0.1, 0.15) is 6.26 Å². The predicted octanol–water partition coefficient (Wildman–Crippen LogP) is 4.50. The summed E-state index contributed by atoms with van der Waals surface area (Å²) in [6, 6.07) is 12.9. The third-order valence-electron chi connectivity index (χ3n) is 4.94. The van der Waals surface area contributed by atoms with Crippen LogP contribution in [0.3, 0.4) is 0 Å². The molecule has 0 saturated carbocycles. The Morgan fingerprint density at radius 3 is 2.56 bits per heavy atom. The lowest BCUT2D eigenvalue weighted by atomic mass is 10.0. The van der Waals surface area contributed by atoms with E-state index in [9.17, 15) is 13.2 Å². The molecule has 1 heterocycles. The molecule has 0 saturated heterocycles. The van der Waals surface area contributed by atoms with Gasteiger partial charge in [-0.15, -0.1) is 0 Å². The van der Waals surface area contributed by atoms with Crippen LogP contribution in [-0.4, -0.2) is 31.6 Å². The second-order valence-electron chi connectivity index (χ2n) is 7.74. The monoisotopic (exact) mass is 453 g/mol. The Morgan fingerprint density at radius 1 is 1.16 bits per heavy atom. The number of carbonyl (C=O) groups excluding carboxylic acids is 1. The van der Waals surface area contributed by atoms with E-state index >= 15 is 0 Å². The maximum absolute atomic E-state index is 12.7. The zero-order valence-corrected chi connectivity index (χ0v) is 19.3. The molecule has 0 bridgehead atoms. The number of sulfone groups is 1. The van der Waals surface area contributed by atoms with Crippen LogP contribution in [0.1, 0.15) is 41.4 Å². The summed E-state index contributed by atoms with van der Waals surface area (Å²) in [6.07, 6.45) is 5.57. The molecule has 0 radical (unpaired) electrons. The van der Waals surface area contributed by atoms with Crippen LogP contribution in [0, 0.1) is 6.92 Å². The van der Waals surface area contributed by atoms with E-state index in [1.54, 1.807) is 25.3 Å². The van der Waals surface area contributed by atoms with Gasteiger partial charge in [-0.1, -0.05) is 30.3 Å². The highest BCUT2D eigenvalue weighted by molar-refractivity contribution is 7.93. The second-order valence-corrected chi connectivity index (χ2v) is 9.67. The summed E-state index contributed by atoms with van der Waals surface area (Å²) in [5.41, 5.74) is 4.19. The number of nitrogens with zero attached hydrogens (tertiary/aromatic N) is 1. The van der Waals surface area contributed by atoms with E-state index in [0.29, 0.717) is 17.0 Å². The van der Waals surface area contributed by atoms with Gasteiger partial charge in [-0.05, 0) is 50.1 Å². The van der Waals surface area contributed by atoms with Crippen molar-refractivity contribution < 1.29 is 17.6 Å². The maximum atomic E-state index is 12.7. The first-order valence-electron chi connectivity index (χ1n) is 10.2. The first-order valence-corrected chi connectivity index (χ1v) is 12.1. The second kappa shape index (κ2) is 9.82. The van der Waals surface area contributed by atoms with E-state index < -0.39 is 15.9 Å². The summed E-state index contributed by atoms with van der Waals surface area (Å²) in [5.74, 6) is 0.0612. The Labute approximate surface area is 188 Å². The minimum absolute atomic E-state index is 0.0192. The fraction of sp³-hybridized carbons (Fsp3) is 0.250. The SMILES string of the molecule is Cc1ccccc1[C@H](C)Nc1ccc(C(=O)N[C@H](C)/C=C/S(C)(=O)=O)cc1-c1ncco1. The lowest BCUT2D eigenvalue weighted by Crippen LogP contribution is -2.31. The summed E-state index contributed by atoms with van der Waals surface area (Å²) in [6.45, 7) is 5.84. The van der Waals surface area contributed by atoms with Crippen LogP contribution in [0.15, 0.2) is 70.8 Å². The zero-order valence-electron chi connectivity index (χ0n) is 18.5. The van der Waals surface area contributed by atoms with E-state index in [4.69, 9.17) is 4.42 Å². The average Bonchev–Trinajstić information content (AvgIpc) is 3.27. The highest BCUT2D eigenvalue weighted by atomic mass is 32.2. The third-order valence-corrected chi connectivity index (χ3v) is 5.60. The largest absolute Gasteiger partial charge is 0.444 e. The molecule has 3 aromatic rings. The van der Waals surface area contributed by atoms with Crippen molar-refractivity contribution in [3.63, 3.8) is 0 Å². The van der Waals surface area contributed by atoms with Gasteiger partial charge in [0.15, 0.2) is 9.84 Å². The summed E-state index contributed by atoms with van der Waals surface area (Å²) >= 11 is 0. The number of hydrogen-bond donors (Lipinski definition) is 2. The number of rotatable bonds is 8. The number of oxazole rings is 1. The van der Waals surface area contributed by atoms with Gasteiger partial charge in [0.2, 0.25) is 5.89 Å². The molecule has 1 aromatic heterocycles.